The van der Waals surface area contributed by atoms with Crippen LogP contribution in [-0.4, -0.2) is 88.2 Å². The van der Waals surface area contributed by atoms with Crippen LogP contribution in [0.4, 0.5) is 0 Å². The lowest BCUT2D eigenvalue weighted by Crippen LogP contribution is -2.59. The number of hydrogen-bond donors (Lipinski definition) is 2. The number of allylic oxidation sites excluding steroid dienone is 1. The molecular weight excluding hydrogens is 606 g/mol. The number of nitrogens with zero attached hydrogens (tertiary/aromatic N) is 2. The topological polar surface area (TPSA) is 125 Å². The number of carbonyl (C=O) groups is 4. The molecule has 2 N–H and O–H groups in total. The average molecular weight is 645 g/mol. The summed E-state index contributed by atoms with van der Waals surface area (Å²) in [5, 5.41) is 12.6. The van der Waals surface area contributed by atoms with Crippen LogP contribution in [0.25, 0.3) is 0 Å². The number of benzene rings is 1. The van der Waals surface area contributed by atoms with Gasteiger partial charge in [-0.25, -0.2) is 0 Å². The van der Waals surface area contributed by atoms with Gasteiger partial charge in [0.05, 0.1) is 17.9 Å². The van der Waals surface area contributed by atoms with Crippen LogP contribution in [0.5, 0.6) is 0 Å². The van der Waals surface area contributed by atoms with E-state index < -0.39 is 53.0 Å². The maximum absolute atomic E-state index is 14.5. The summed E-state index contributed by atoms with van der Waals surface area (Å²) in [5.41, 5.74) is -1.22. The molecule has 2 saturated heterocycles. The van der Waals surface area contributed by atoms with E-state index in [0.29, 0.717) is 10.9 Å². The number of aliphatic hydroxyl groups excluding tert-OH is 1. The quantitative estimate of drug-likeness (QED) is 0.382. The van der Waals surface area contributed by atoms with E-state index in [0.717, 1.165) is 5.56 Å². The highest BCUT2D eigenvalue weighted by Crippen LogP contribution is 2.58. The van der Waals surface area contributed by atoms with Gasteiger partial charge in [0.2, 0.25) is 17.7 Å². The van der Waals surface area contributed by atoms with Crippen molar-refractivity contribution in [2.75, 3.05) is 26.3 Å². The van der Waals surface area contributed by atoms with Gasteiger partial charge in [0.1, 0.15) is 24.4 Å². The fourth-order valence-electron chi connectivity index (χ4n) is 6.54. The standard InChI is InChI=1S/C31H38BrN3O7/c1-30(2,3)35-15-9-5-8-13-22(37)41-18-21(19-11-6-4-7-12-19)33-27(38)23-24-28(39)34(14-10-16-36)26(29(35)40)31(24)17-20(32)25(23)42-31/h4-7,9,11-12,17,21,23-26,36H,8,10,13-16,18H2,1-3H3,(H,33,38)/b9-5-/t21-,23-,24+,25-,26-,31+/m0/s1. The van der Waals surface area contributed by atoms with Crippen LogP contribution >= 0.6 is 15.9 Å². The zero-order chi connectivity index (χ0) is 30.2. The Labute approximate surface area is 254 Å². The Balaban J connectivity index is 1.60. The summed E-state index contributed by atoms with van der Waals surface area (Å²) in [6.07, 6.45) is 5.57. The summed E-state index contributed by atoms with van der Waals surface area (Å²) in [6, 6.07) is 7.54. The van der Waals surface area contributed by atoms with Gasteiger partial charge in [-0.1, -0.05) is 58.4 Å². The smallest absolute Gasteiger partial charge is 0.306 e. The molecule has 226 valence electrons. The van der Waals surface area contributed by atoms with Crippen LogP contribution in [0.1, 0.15) is 51.6 Å². The number of amides is 3. The molecule has 0 radical (unpaired) electrons. The first-order valence-corrected chi connectivity index (χ1v) is 15.2. The minimum atomic E-state index is -1.36. The second-order valence-electron chi connectivity index (χ2n) is 12.2. The second-order valence-corrected chi connectivity index (χ2v) is 13.1. The van der Waals surface area contributed by atoms with Gasteiger partial charge in [0, 0.05) is 36.1 Å². The van der Waals surface area contributed by atoms with Gasteiger partial charge in [0.15, 0.2) is 0 Å². The van der Waals surface area contributed by atoms with Crippen LogP contribution in [0.3, 0.4) is 0 Å². The number of likely N-dealkylation sites (tertiary alicyclic amines) is 1. The summed E-state index contributed by atoms with van der Waals surface area (Å²) in [5.74, 6) is -3.34. The Kier molecular flexibility index (Phi) is 8.65. The Bertz CT molecular complexity index is 1290. The first-order valence-electron chi connectivity index (χ1n) is 14.4. The summed E-state index contributed by atoms with van der Waals surface area (Å²) in [7, 11) is 0. The minimum Gasteiger partial charge on any atom is -0.463 e. The molecule has 5 bridgehead atoms. The number of rotatable bonds is 4. The van der Waals surface area contributed by atoms with Crippen molar-refractivity contribution < 1.29 is 33.8 Å². The molecule has 3 amide bonds. The third kappa shape index (κ3) is 5.42. The molecule has 5 rings (SSSR count). The molecule has 42 heavy (non-hydrogen) atoms. The monoisotopic (exact) mass is 643 g/mol. The Morgan fingerprint density at radius 3 is 2.52 bits per heavy atom. The molecule has 4 heterocycles. The van der Waals surface area contributed by atoms with Gasteiger partial charge >= 0.3 is 5.97 Å². The Morgan fingerprint density at radius 1 is 1.10 bits per heavy atom. The molecule has 0 unspecified atom stereocenters. The summed E-state index contributed by atoms with van der Waals surface area (Å²) in [6.45, 7) is 5.93. The highest BCUT2D eigenvalue weighted by atomic mass is 79.9. The van der Waals surface area contributed by atoms with Crippen LogP contribution in [0.15, 0.2) is 53.0 Å². The van der Waals surface area contributed by atoms with Crippen molar-refractivity contribution in [2.24, 2.45) is 11.8 Å². The van der Waals surface area contributed by atoms with Gasteiger partial charge in [-0.3, -0.25) is 19.2 Å². The number of ether oxygens (including phenoxy) is 2. The maximum Gasteiger partial charge on any atom is 0.306 e. The predicted octanol–water partition coefficient (Wildman–Crippen LogP) is 2.62. The maximum atomic E-state index is 14.5. The molecule has 1 spiro atoms. The van der Waals surface area contributed by atoms with E-state index in [-0.39, 0.29) is 51.0 Å². The lowest BCUT2D eigenvalue weighted by molar-refractivity contribution is -0.151. The number of nitrogens with one attached hydrogen (secondary N) is 1. The van der Waals surface area contributed by atoms with Gasteiger partial charge in [-0.2, -0.15) is 0 Å². The molecule has 1 aromatic rings. The molecule has 0 aromatic heterocycles. The highest BCUT2D eigenvalue weighted by molar-refractivity contribution is 9.11. The van der Waals surface area contributed by atoms with Crippen molar-refractivity contribution in [3.63, 3.8) is 0 Å². The largest absolute Gasteiger partial charge is 0.463 e. The normalized spacial score (nSPS) is 32.9. The zero-order valence-corrected chi connectivity index (χ0v) is 25.7. The van der Waals surface area contributed by atoms with Crippen molar-refractivity contribution in [1.82, 2.24) is 15.1 Å². The second kappa shape index (κ2) is 11.9. The van der Waals surface area contributed by atoms with E-state index in [1.54, 1.807) is 11.0 Å². The van der Waals surface area contributed by atoms with Crippen molar-refractivity contribution in [3.05, 3.63) is 58.6 Å². The van der Waals surface area contributed by atoms with E-state index in [2.05, 4.69) is 21.2 Å². The van der Waals surface area contributed by atoms with Crippen LogP contribution in [-0.2, 0) is 28.7 Å². The van der Waals surface area contributed by atoms with Crippen molar-refractivity contribution in [1.29, 1.82) is 0 Å². The first-order chi connectivity index (χ1) is 20.0. The van der Waals surface area contributed by atoms with Gasteiger partial charge in [-0.05, 0) is 45.3 Å². The SMILES string of the molecule is CC(C)(C)N1C/C=C\CCC(=O)OC[C@@H](c2ccccc2)NC(=O)[C@@H]2[C@H]3O[C@@]4(C=C3Br)[C@H](C1=O)N(CCCO)C(=O)[C@@H]24. The van der Waals surface area contributed by atoms with Crippen LogP contribution in [0.2, 0.25) is 0 Å². The summed E-state index contributed by atoms with van der Waals surface area (Å²) in [4.78, 5) is 58.5. The summed E-state index contributed by atoms with van der Waals surface area (Å²) >= 11 is 3.57. The van der Waals surface area contributed by atoms with Crippen LogP contribution in [0, 0.1) is 11.8 Å². The number of esters is 1. The molecule has 2 fully saturated rings. The zero-order valence-electron chi connectivity index (χ0n) is 24.1. The third-order valence-electron chi connectivity index (χ3n) is 8.49. The Morgan fingerprint density at radius 2 is 1.83 bits per heavy atom. The van der Waals surface area contributed by atoms with E-state index in [1.807, 2.05) is 63.3 Å². The van der Waals surface area contributed by atoms with Gasteiger partial charge in [0.25, 0.3) is 0 Å². The van der Waals surface area contributed by atoms with E-state index >= 15 is 0 Å². The third-order valence-corrected chi connectivity index (χ3v) is 9.17. The fraction of sp³-hybridized carbons (Fsp3) is 0.548. The van der Waals surface area contributed by atoms with Gasteiger partial charge < -0.3 is 29.7 Å². The molecule has 6 atom stereocenters. The molecule has 0 saturated carbocycles. The number of cyclic esters (lactones) is 1. The molecule has 11 heteroatoms. The summed E-state index contributed by atoms with van der Waals surface area (Å²) < 4.78 is 12.7. The minimum absolute atomic E-state index is 0.0706. The van der Waals surface area contributed by atoms with Crippen molar-refractivity contribution in [3.8, 4) is 0 Å². The van der Waals surface area contributed by atoms with E-state index in [9.17, 15) is 24.3 Å². The van der Waals surface area contributed by atoms with Crippen molar-refractivity contribution >= 4 is 39.6 Å². The average Bonchev–Trinajstić information content (AvgIpc) is 3.53. The highest BCUT2D eigenvalue weighted by Gasteiger charge is 2.74. The molecule has 0 aliphatic carbocycles. The molecule has 4 aliphatic rings. The molecule has 1 aromatic carbocycles. The molecule has 10 nitrogen and oxygen atoms in total. The lowest BCUT2D eigenvalue weighted by atomic mass is 9.73. The number of hydrogen-bond acceptors (Lipinski definition) is 7. The Hall–Kier alpha value is -3.02. The van der Waals surface area contributed by atoms with E-state index in [4.69, 9.17) is 9.47 Å². The van der Waals surface area contributed by atoms with Crippen LogP contribution < -0.4 is 5.32 Å². The van der Waals surface area contributed by atoms with E-state index in [1.165, 1.54) is 4.90 Å². The fourth-order valence-corrected chi connectivity index (χ4v) is 7.28. The number of fused-ring (bicyclic) bond motifs is 2. The lowest BCUT2D eigenvalue weighted by Gasteiger charge is -2.41. The van der Waals surface area contributed by atoms with Gasteiger partial charge in [-0.15, -0.1) is 0 Å². The first kappa shape index (κ1) is 30.4. The number of carbonyl (C=O) groups excluding carboxylic acids is 4. The molecule has 4 aliphatic heterocycles. The number of halogens is 1. The predicted molar refractivity (Wildman–Crippen MR) is 157 cm³/mol. The van der Waals surface area contributed by atoms with Crippen molar-refractivity contribution in [2.45, 2.75) is 69.4 Å². The number of aliphatic hydroxyl groups is 1. The molecular formula is C31H38BrN3O7.